The highest BCUT2D eigenvalue weighted by atomic mass is 16.5. The van der Waals surface area contributed by atoms with Crippen molar-refractivity contribution in [3.63, 3.8) is 0 Å². The quantitative estimate of drug-likeness (QED) is 0.810. The highest BCUT2D eigenvalue weighted by Gasteiger charge is 2.35. The summed E-state index contributed by atoms with van der Waals surface area (Å²) >= 11 is 0. The molecule has 1 heterocycles. The maximum Gasteiger partial charge on any atom is 0.227 e. The Kier molecular flexibility index (Phi) is 4.62. The van der Waals surface area contributed by atoms with E-state index in [4.69, 9.17) is 10.5 Å². The van der Waals surface area contributed by atoms with Gasteiger partial charge in [-0.2, -0.15) is 0 Å². The average Bonchev–Trinajstić information content (AvgIpc) is 2.39. The molecular formula is C14H26N2O2. The van der Waals surface area contributed by atoms with E-state index in [0.29, 0.717) is 5.92 Å². The summed E-state index contributed by atoms with van der Waals surface area (Å²) in [4.78, 5) is 14.5. The van der Waals surface area contributed by atoms with Gasteiger partial charge in [-0.1, -0.05) is 19.8 Å². The van der Waals surface area contributed by atoms with Crippen LogP contribution in [-0.4, -0.2) is 43.2 Å². The number of hydrogen-bond donors (Lipinski definition) is 1. The number of amides is 1. The molecule has 4 heteroatoms. The predicted octanol–water partition coefficient (Wildman–Crippen LogP) is 1.39. The van der Waals surface area contributed by atoms with Crippen LogP contribution in [0.5, 0.6) is 0 Å². The van der Waals surface area contributed by atoms with Gasteiger partial charge in [-0.05, 0) is 25.2 Å². The van der Waals surface area contributed by atoms with Gasteiger partial charge >= 0.3 is 0 Å². The standard InChI is InChI=1S/C14H26N2O2/c1-10-7-8-16(9-13(10)18-2)14(17)11-5-3-4-6-12(11)15/h10-13H,3-9,15H2,1-2H3. The molecule has 1 aliphatic carbocycles. The fourth-order valence-electron chi connectivity index (χ4n) is 3.24. The van der Waals surface area contributed by atoms with Crippen molar-refractivity contribution in [2.24, 2.45) is 17.6 Å². The molecule has 4 unspecified atom stereocenters. The number of carbonyl (C=O) groups is 1. The summed E-state index contributed by atoms with van der Waals surface area (Å²) in [5.41, 5.74) is 6.10. The normalized spacial score (nSPS) is 37.6. The second-order valence-electron chi connectivity index (χ2n) is 5.88. The monoisotopic (exact) mass is 254 g/mol. The maximum absolute atomic E-state index is 12.5. The highest BCUT2D eigenvalue weighted by Crippen LogP contribution is 2.27. The van der Waals surface area contributed by atoms with Gasteiger partial charge in [0.05, 0.1) is 12.0 Å². The van der Waals surface area contributed by atoms with E-state index in [1.165, 1.54) is 6.42 Å². The molecule has 1 amide bonds. The first-order chi connectivity index (χ1) is 8.63. The van der Waals surface area contributed by atoms with E-state index in [1.54, 1.807) is 7.11 Å². The molecule has 0 spiro atoms. The maximum atomic E-state index is 12.5. The van der Waals surface area contributed by atoms with Crippen LogP contribution in [0.15, 0.2) is 0 Å². The summed E-state index contributed by atoms with van der Waals surface area (Å²) in [5, 5.41) is 0. The summed E-state index contributed by atoms with van der Waals surface area (Å²) < 4.78 is 5.47. The van der Waals surface area contributed by atoms with Gasteiger partial charge in [0.25, 0.3) is 0 Å². The molecule has 2 rings (SSSR count). The number of carbonyl (C=O) groups excluding carboxylic acids is 1. The molecule has 2 N–H and O–H groups in total. The lowest BCUT2D eigenvalue weighted by atomic mass is 9.83. The lowest BCUT2D eigenvalue weighted by Crippen LogP contribution is -2.52. The Balaban J connectivity index is 1.96. The summed E-state index contributed by atoms with van der Waals surface area (Å²) in [6.45, 7) is 3.80. The molecule has 1 aliphatic heterocycles. The van der Waals surface area contributed by atoms with Crippen molar-refractivity contribution in [2.45, 2.75) is 51.2 Å². The van der Waals surface area contributed by atoms with Gasteiger partial charge in [0.2, 0.25) is 5.91 Å². The Morgan fingerprint density at radius 2 is 2.00 bits per heavy atom. The Morgan fingerprint density at radius 1 is 1.28 bits per heavy atom. The molecule has 0 aromatic carbocycles. The molecule has 18 heavy (non-hydrogen) atoms. The minimum atomic E-state index is 0.0460. The fourth-order valence-corrected chi connectivity index (χ4v) is 3.24. The largest absolute Gasteiger partial charge is 0.379 e. The molecule has 4 nitrogen and oxygen atoms in total. The smallest absolute Gasteiger partial charge is 0.227 e. The van der Waals surface area contributed by atoms with Gasteiger partial charge in [-0.15, -0.1) is 0 Å². The Morgan fingerprint density at radius 3 is 2.67 bits per heavy atom. The van der Waals surface area contributed by atoms with E-state index < -0.39 is 0 Å². The second-order valence-corrected chi connectivity index (χ2v) is 5.88. The summed E-state index contributed by atoms with van der Waals surface area (Å²) in [6, 6.07) is 0.0617. The number of piperidine rings is 1. The van der Waals surface area contributed by atoms with Crippen molar-refractivity contribution in [3.05, 3.63) is 0 Å². The van der Waals surface area contributed by atoms with Crippen LogP contribution in [-0.2, 0) is 9.53 Å². The highest BCUT2D eigenvalue weighted by molar-refractivity contribution is 5.79. The second kappa shape index (κ2) is 6.02. The van der Waals surface area contributed by atoms with Gasteiger partial charge in [0.1, 0.15) is 0 Å². The Labute approximate surface area is 110 Å². The third-order valence-electron chi connectivity index (χ3n) is 4.64. The molecule has 2 fully saturated rings. The molecular weight excluding hydrogens is 228 g/mol. The lowest BCUT2D eigenvalue weighted by Gasteiger charge is -2.39. The zero-order valence-electron chi connectivity index (χ0n) is 11.6. The Bertz CT molecular complexity index is 296. The third kappa shape index (κ3) is 2.86. The summed E-state index contributed by atoms with van der Waals surface area (Å²) in [7, 11) is 1.74. The van der Waals surface area contributed by atoms with Crippen molar-refractivity contribution >= 4 is 5.91 Å². The van der Waals surface area contributed by atoms with Crippen LogP contribution in [0.25, 0.3) is 0 Å². The summed E-state index contributed by atoms with van der Waals surface area (Å²) in [6.07, 6.45) is 5.48. The predicted molar refractivity (Wildman–Crippen MR) is 71.1 cm³/mol. The molecule has 1 saturated heterocycles. The SMILES string of the molecule is COC1CN(C(=O)C2CCCCC2N)CCC1C. The van der Waals surface area contributed by atoms with Gasteiger partial charge in [0, 0.05) is 26.2 Å². The van der Waals surface area contributed by atoms with Crippen molar-refractivity contribution in [1.29, 1.82) is 0 Å². The molecule has 2 aliphatic rings. The number of rotatable bonds is 2. The molecule has 0 bridgehead atoms. The molecule has 0 aromatic rings. The van der Waals surface area contributed by atoms with Crippen LogP contribution in [0, 0.1) is 11.8 Å². The summed E-state index contributed by atoms with van der Waals surface area (Å²) in [5.74, 6) is 0.847. The van der Waals surface area contributed by atoms with Crippen molar-refractivity contribution in [1.82, 2.24) is 4.90 Å². The first-order valence-corrected chi connectivity index (χ1v) is 7.20. The van der Waals surface area contributed by atoms with Gasteiger partial charge in [-0.3, -0.25) is 4.79 Å². The molecule has 104 valence electrons. The fraction of sp³-hybridized carbons (Fsp3) is 0.929. The molecule has 4 atom stereocenters. The van der Waals surface area contributed by atoms with Gasteiger partial charge in [-0.25, -0.2) is 0 Å². The molecule has 1 saturated carbocycles. The van der Waals surface area contributed by atoms with E-state index >= 15 is 0 Å². The van der Waals surface area contributed by atoms with Crippen LogP contribution in [0.4, 0.5) is 0 Å². The first kappa shape index (κ1) is 13.8. The molecule has 0 radical (unpaired) electrons. The third-order valence-corrected chi connectivity index (χ3v) is 4.64. The molecule has 0 aromatic heterocycles. The van der Waals surface area contributed by atoms with Crippen LogP contribution in [0.2, 0.25) is 0 Å². The van der Waals surface area contributed by atoms with Crippen LogP contribution >= 0.6 is 0 Å². The number of methoxy groups -OCH3 is 1. The van der Waals surface area contributed by atoms with E-state index in [2.05, 4.69) is 6.92 Å². The van der Waals surface area contributed by atoms with E-state index in [-0.39, 0.29) is 24.0 Å². The number of hydrogen-bond acceptors (Lipinski definition) is 3. The number of likely N-dealkylation sites (tertiary alicyclic amines) is 1. The zero-order chi connectivity index (χ0) is 13.1. The number of nitrogens with two attached hydrogens (primary N) is 1. The van der Waals surface area contributed by atoms with E-state index in [9.17, 15) is 4.79 Å². The van der Waals surface area contributed by atoms with Gasteiger partial charge < -0.3 is 15.4 Å². The van der Waals surface area contributed by atoms with Crippen LogP contribution < -0.4 is 5.73 Å². The minimum absolute atomic E-state index is 0.0460. The van der Waals surface area contributed by atoms with Crippen LogP contribution in [0.1, 0.15) is 39.0 Å². The van der Waals surface area contributed by atoms with E-state index in [0.717, 1.165) is 38.8 Å². The first-order valence-electron chi connectivity index (χ1n) is 7.20. The average molecular weight is 254 g/mol. The van der Waals surface area contributed by atoms with Crippen LogP contribution in [0.3, 0.4) is 0 Å². The zero-order valence-corrected chi connectivity index (χ0v) is 11.6. The minimum Gasteiger partial charge on any atom is -0.379 e. The van der Waals surface area contributed by atoms with Crippen molar-refractivity contribution < 1.29 is 9.53 Å². The number of ether oxygens (including phenoxy) is 1. The van der Waals surface area contributed by atoms with Gasteiger partial charge in [0.15, 0.2) is 0 Å². The number of nitrogens with zero attached hydrogens (tertiary/aromatic N) is 1. The topological polar surface area (TPSA) is 55.6 Å². The van der Waals surface area contributed by atoms with Crippen molar-refractivity contribution in [3.8, 4) is 0 Å². The lowest BCUT2D eigenvalue weighted by molar-refractivity contribution is -0.142. The Hall–Kier alpha value is -0.610. The van der Waals surface area contributed by atoms with E-state index in [1.807, 2.05) is 4.90 Å². The van der Waals surface area contributed by atoms with Crippen molar-refractivity contribution in [2.75, 3.05) is 20.2 Å².